The maximum Gasteiger partial charge on any atom is -0.0169 e. The molecule has 0 bridgehead atoms. The predicted molar refractivity (Wildman–Crippen MR) is 88.6 cm³/mol. The lowest BCUT2D eigenvalue weighted by atomic mass is 10.1. The van der Waals surface area contributed by atoms with Crippen LogP contribution in [-0.2, 0) is 0 Å². The third kappa shape index (κ3) is 19.9. The van der Waals surface area contributed by atoms with E-state index in [0.29, 0.717) is 0 Å². The van der Waals surface area contributed by atoms with Gasteiger partial charge < -0.3 is 5.48 Å². The quantitative estimate of drug-likeness (QED) is 0.290. The van der Waals surface area contributed by atoms with Gasteiger partial charge in [-0.3, -0.25) is 0 Å². The highest BCUT2D eigenvalue weighted by molar-refractivity contribution is 4.92. The molecule has 0 fully saturated rings. The Hall–Kier alpha value is -0.560. The molecule has 0 aliphatic carbocycles. The summed E-state index contributed by atoms with van der Waals surface area (Å²) in [5.41, 5.74) is 0. The van der Waals surface area contributed by atoms with E-state index in [1.54, 1.807) is 0 Å². The SMILES string of the molecule is CCCCC/C=C\C/C=C\CCCCCCCC.O. The van der Waals surface area contributed by atoms with Crippen molar-refractivity contribution in [1.29, 1.82) is 0 Å². The fraction of sp³-hybridized carbons (Fsp3) is 0.778. The van der Waals surface area contributed by atoms with Gasteiger partial charge in [0.2, 0.25) is 0 Å². The molecule has 0 atom stereocenters. The van der Waals surface area contributed by atoms with Crippen LogP contribution in [0.2, 0.25) is 0 Å². The number of rotatable bonds is 13. The van der Waals surface area contributed by atoms with Crippen molar-refractivity contribution in [3.63, 3.8) is 0 Å². The minimum atomic E-state index is 0. The highest BCUT2D eigenvalue weighted by atomic mass is 16.0. The lowest BCUT2D eigenvalue weighted by Gasteiger charge is -1.97. The fourth-order valence-electron chi connectivity index (χ4n) is 2.06. The van der Waals surface area contributed by atoms with Crippen LogP contribution in [0, 0.1) is 0 Å². The van der Waals surface area contributed by atoms with Crippen molar-refractivity contribution in [2.45, 2.75) is 90.9 Å². The van der Waals surface area contributed by atoms with Crippen LogP contribution < -0.4 is 0 Å². The van der Waals surface area contributed by atoms with Crippen LogP contribution in [0.4, 0.5) is 0 Å². The van der Waals surface area contributed by atoms with Gasteiger partial charge >= 0.3 is 0 Å². The molecule has 0 unspecified atom stereocenters. The van der Waals surface area contributed by atoms with Crippen molar-refractivity contribution in [3.8, 4) is 0 Å². The third-order valence-electron chi connectivity index (χ3n) is 3.30. The van der Waals surface area contributed by atoms with Crippen molar-refractivity contribution >= 4 is 0 Å². The zero-order valence-electron chi connectivity index (χ0n) is 13.3. The van der Waals surface area contributed by atoms with Crippen molar-refractivity contribution in [2.24, 2.45) is 0 Å². The fourth-order valence-corrected chi connectivity index (χ4v) is 2.06. The first-order valence-corrected chi connectivity index (χ1v) is 8.21. The van der Waals surface area contributed by atoms with Gasteiger partial charge in [-0.1, -0.05) is 83.1 Å². The van der Waals surface area contributed by atoms with Gasteiger partial charge in [-0.15, -0.1) is 0 Å². The van der Waals surface area contributed by atoms with Gasteiger partial charge in [0.1, 0.15) is 0 Å². The molecule has 0 aromatic rings. The molecule has 1 heteroatoms. The molecule has 0 saturated carbocycles. The first-order chi connectivity index (χ1) is 8.91. The van der Waals surface area contributed by atoms with Crippen LogP contribution >= 0.6 is 0 Å². The first-order valence-electron chi connectivity index (χ1n) is 8.21. The largest absolute Gasteiger partial charge is 0.412 e. The van der Waals surface area contributed by atoms with E-state index in [4.69, 9.17) is 0 Å². The van der Waals surface area contributed by atoms with Crippen molar-refractivity contribution in [1.82, 2.24) is 0 Å². The van der Waals surface area contributed by atoms with Gasteiger partial charge in [-0.2, -0.15) is 0 Å². The Kier molecular flexibility index (Phi) is 21.6. The zero-order valence-corrected chi connectivity index (χ0v) is 13.3. The van der Waals surface area contributed by atoms with Crippen molar-refractivity contribution in [3.05, 3.63) is 24.3 Å². The molecule has 0 aromatic carbocycles. The molecular formula is C18H36O. The zero-order chi connectivity index (χ0) is 13.3. The first kappa shape index (κ1) is 20.8. The molecule has 0 amide bonds. The number of hydrogen-bond acceptors (Lipinski definition) is 0. The molecular weight excluding hydrogens is 232 g/mol. The molecule has 0 aliphatic rings. The summed E-state index contributed by atoms with van der Waals surface area (Å²) in [6.45, 7) is 4.53. The predicted octanol–water partition coefficient (Wildman–Crippen LogP) is 6.00. The van der Waals surface area contributed by atoms with Gasteiger partial charge in [0.05, 0.1) is 0 Å². The summed E-state index contributed by atoms with van der Waals surface area (Å²) in [6.07, 6.45) is 25.5. The minimum Gasteiger partial charge on any atom is -0.412 e. The summed E-state index contributed by atoms with van der Waals surface area (Å²) < 4.78 is 0. The van der Waals surface area contributed by atoms with Gasteiger partial charge in [0, 0.05) is 0 Å². The van der Waals surface area contributed by atoms with E-state index in [1.165, 1.54) is 70.6 Å². The van der Waals surface area contributed by atoms with Crippen LogP contribution in [0.3, 0.4) is 0 Å². The van der Waals surface area contributed by atoms with Gasteiger partial charge in [-0.25, -0.2) is 0 Å². The van der Waals surface area contributed by atoms with Gasteiger partial charge in [0.25, 0.3) is 0 Å². The van der Waals surface area contributed by atoms with Crippen LogP contribution in [-0.4, -0.2) is 5.48 Å². The van der Waals surface area contributed by atoms with Crippen molar-refractivity contribution in [2.75, 3.05) is 0 Å². The Balaban J connectivity index is 0. The normalized spacial score (nSPS) is 11.3. The lowest BCUT2D eigenvalue weighted by molar-refractivity contribution is 0.611. The topological polar surface area (TPSA) is 31.5 Å². The lowest BCUT2D eigenvalue weighted by Crippen LogP contribution is -1.77. The van der Waals surface area contributed by atoms with Crippen LogP contribution in [0.1, 0.15) is 90.9 Å². The molecule has 114 valence electrons. The Morgan fingerprint density at radius 1 is 0.526 bits per heavy atom. The maximum absolute atomic E-state index is 2.36. The second-order valence-electron chi connectivity index (χ2n) is 5.23. The Morgan fingerprint density at radius 2 is 0.947 bits per heavy atom. The third-order valence-corrected chi connectivity index (χ3v) is 3.30. The van der Waals surface area contributed by atoms with E-state index in [-0.39, 0.29) is 5.48 Å². The summed E-state index contributed by atoms with van der Waals surface area (Å²) in [6, 6.07) is 0. The van der Waals surface area contributed by atoms with Crippen LogP contribution in [0.25, 0.3) is 0 Å². The van der Waals surface area contributed by atoms with Crippen molar-refractivity contribution < 1.29 is 5.48 Å². The molecule has 19 heavy (non-hydrogen) atoms. The number of allylic oxidation sites excluding steroid dienone is 4. The molecule has 1 nitrogen and oxygen atoms in total. The summed E-state index contributed by atoms with van der Waals surface area (Å²) in [7, 11) is 0. The van der Waals surface area contributed by atoms with E-state index < -0.39 is 0 Å². The molecule has 2 N–H and O–H groups in total. The number of hydrogen-bond donors (Lipinski definition) is 0. The summed E-state index contributed by atoms with van der Waals surface area (Å²) in [5, 5.41) is 0. The minimum absolute atomic E-state index is 0. The molecule has 0 radical (unpaired) electrons. The second-order valence-corrected chi connectivity index (χ2v) is 5.23. The maximum atomic E-state index is 2.36. The van der Waals surface area contributed by atoms with Crippen LogP contribution in [0.15, 0.2) is 24.3 Å². The van der Waals surface area contributed by atoms with E-state index in [9.17, 15) is 0 Å². The average molecular weight is 268 g/mol. The average Bonchev–Trinajstić information content (AvgIpc) is 2.39. The summed E-state index contributed by atoms with van der Waals surface area (Å²) >= 11 is 0. The molecule has 0 spiro atoms. The smallest absolute Gasteiger partial charge is 0.0169 e. The molecule has 0 aliphatic heterocycles. The Morgan fingerprint density at radius 3 is 1.53 bits per heavy atom. The standard InChI is InChI=1S/C18H34.H2O/c1-3-5-7-9-11-13-15-17-18-16-14-12-10-8-6-4-2;/h11,13,17-18H,3-10,12,14-16H2,1-2H3;1H2/b13-11-,18-17-;. The van der Waals surface area contributed by atoms with Crippen LogP contribution in [0.5, 0.6) is 0 Å². The van der Waals surface area contributed by atoms with Gasteiger partial charge in [0.15, 0.2) is 0 Å². The summed E-state index contributed by atoms with van der Waals surface area (Å²) in [4.78, 5) is 0. The molecule has 0 saturated heterocycles. The Labute approximate surface area is 121 Å². The Bertz CT molecular complexity index is 194. The van der Waals surface area contributed by atoms with E-state index in [2.05, 4.69) is 38.2 Å². The second kappa shape index (κ2) is 19.8. The van der Waals surface area contributed by atoms with E-state index in [0.717, 1.165) is 6.42 Å². The monoisotopic (exact) mass is 268 g/mol. The highest BCUT2D eigenvalue weighted by Crippen LogP contribution is 2.07. The number of unbranched alkanes of at least 4 members (excludes halogenated alkanes) is 9. The molecule has 0 heterocycles. The summed E-state index contributed by atoms with van der Waals surface area (Å²) in [5.74, 6) is 0. The molecule has 0 rings (SSSR count). The van der Waals surface area contributed by atoms with E-state index in [1.807, 2.05) is 0 Å². The van der Waals surface area contributed by atoms with E-state index >= 15 is 0 Å². The highest BCUT2D eigenvalue weighted by Gasteiger charge is 1.87. The molecule has 0 aromatic heterocycles. The van der Waals surface area contributed by atoms with Gasteiger partial charge in [-0.05, 0) is 32.1 Å².